The van der Waals surface area contributed by atoms with E-state index in [1.165, 1.54) is 0 Å². The second kappa shape index (κ2) is 5.19. The van der Waals surface area contributed by atoms with Crippen LogP contribution in [-0.2, 0) is 0 Å². The van der Waals surface area contributed by atoms with Gasteiger partial charge in [-0.1, -0.05) is 31.9 Å². The maximum Gasteiger partial charge on any atom is 0.253 e. The van der Waals surface area contributed by atoms with Crippen molar-refractivity contribution < 1.29 is 4.79 Å². The van der Waals surface area contributed by atoms with E-state index in [4.69, 9.17) is 5.73 Å². The lowest BCUT2D eigenvalue weighted by Gasteiger charge is -2.19. The van der Waals surface area contributed by atoms with Crippen molar-refractivity contribution in [1.29, 1.82) is 0 Å². The maximum absolute atomic E-state index is 12.5. The largest absolute Gasteiger partial charge is 0.338 e. The molecule has 3 atom stereocenters. The van der Waals surface area contributed by atoms with E-state index in [0.29, 0.717) is 11.8 Å². The third-order valence-electron chi connectivity index (χ3n) is 4.31. The van der Waals surface area contributed by atoms with Gasteiger partial charge in [-0.3, -0.25) is 4.79 Å². The van der Waals surface area contributed by atoms with Crippen LogP contribution in [0.1, 0.15) is 23.2 Å². The molecule has 3 unspecified atom stereocenters. The first-order valence-corrected chi connectivity index (χ1v) is 8.14. The maximum atomic E-state index is 12.5. The van der Waals surface area contributed by atoms with Gasteiger partial charge in [-0.15, -0.1) is 0 Å². The molecule has 2 fully saturated rings. The minimum Gasteiger partial charge on any atom is -0.338 e. The van der Waals surface area contributed by atoms with Gasteiger partial charge in [0.05, 0.1) is 0 Å². The molecule has 1 saturated heterocycles. The Morgan fingerprint density at radius 3 is 2.47 bits per heavy atom. The molecular formula is C14H16Br2N2O. The highest BCUT2D eigenvalue weighted by Crippen LogP contribution is 2.37. The summed E-state index contributed by atoms with van der Waals surface area (Å²) < 4.78 is 1.84. The summed E-state index contributed by atoms with van der Waals surface area (Å²) in [6.07, 6.45) is 2.28. The molecule has 0 aromatic heterocycles. The SMILES string of the molecule is NC1CCC2CN(C(=O)c3cc(Br)cc(Br)c3)CC12. The van der Waals surface area contributed by atoms with E-state index in [-0.39, 0.29) is 11.9 Å². The summed E-state index contributed by atoms with van der Waals surface area (Å²) in [6.45, 7) is 1.68. The molecule has 0 spiro atoms. The Bertz CT molecular complexity index is 500. The van der Waals surface area contributed by atoms with Crippen molar-refractivity contribution in [3.63, 3.8) is 0 Å². The molecule has 1 saturated carbocycles. The van der Waals surface area contributed by atoms with Crippen LogP contribution in [0.25, 0.3) is 0 Å². The number of carbonyl (C=O) groups excluding carboxylic acids is 1. The van der Waals surface area contributed by atoms with Gasteiger partial charge in [-0.2, -0.15) is 0 Å². The summed E-state index contributed by atoms with van der Waals surface area (Å²) in [6, 6.07) is 5.96. The van der Waals surface area contributed by atoms with Crippen molar-refractivity contribution in [2.75, 3.05) is 13.1 Å². The molecule has 1 aliphatic heterocycles. The lowest BCUT2D eigenvalue weighted by Crippen LogP contribution is -2.33. The highest BCUT2D eigenvalue weighted by atomic mass is 79.9. The van der Waals surface area contributed by atoms with Gasteiger partial charge < -0.3 is 10.6 Å². The number of likely N-dealkylation sites (tertiary alicyclic amines) is 1. The summed E-state index contributed by atoms with van der Waals surface area (Å²) in [5.41, 5.74) is 6.85. The number of carbonyl (C=O) groups is 1. The lowest BCUT2D eigenvalue weighted by molar-refractivity contribution is 0.0779. The standard InChI is InChI=1S/C14H16Br2N2O/c15-10-3-9(4-11(16)5-10)14(19)18-6-8-1-2-13(17)12(8)7-18/h3-5,8,12-13H,1-2,6-7,17H2. The predicted octanol–water partition coefficient (Wildman–Crippen LogP) is 3.02. The quantitative estimate of drug-likeness (QED) is 0.804. The van der Waals surface area contributed by atoms with E-state index in [1.54, 1.807) is 0 Å². The van der Waals surface area contributed by atoms with Crippen LogP contribution in [0.2, 0.25) is 0 Å². The van der Waals surface area contributed by atoms with Crippen molar-refractivity contribution in [2.45, 2.75) is 18.9 Å². The second-order valence-electron chi connectivity index (χ2n) is 5.53. The van der Waals surface area contributed by atoms with Crippen LogP contribution in [0.3, 0.4) is 0 Å². The van der Waals surface area contributed by atoms with Crippen LogP contribution in [-0.4, -0.2) is 29.9 Å². The second-order valence-corrected chi connectivity index (χ2v) is 7.36. The molecule has 1 aromatic carbocycles. The zero-order valence-corrected chi connectivity index (χ0v) is 13.7. The summed E-state index contributed by atoms with van der Waals surface area (Å²) in [4.78, 5) is 14.5. The number of nitrogens with zero attached hydrogens (tertiary/aromatic N) is 1. The van der Waals surface area contributed by atoms with Gasteiger partial charge in [0.15, 0.2) is 0 Å². The fraction of sp³-hybridized carbons (Fsp3) is 0.500. The minimum absolute atomic E-state index is 0.114. The summed E-state index contributed by atoms with van der Waals surface area (Å²) >= 11 is 6.85. The Labute approximate surface area is 129 Å². The average molecular weight is 388 g/mol. The van der Waals surface area contributed by atoms with E-state index < -0.39 is 0 Å². The molecule has 1 aromatic rings. The molecule has 5 heteroatoms. The average Bonchev–Trinajstić information content (AvgIpc) is 2.90. The summed E-state index contributed by atoms with van der Waals surface area (Å²) in [7, 11) is 0. The van der Waals surface area contributed by atoms with Gasteiger partial charge >= 0.3 is 0 Å². The molecule has 102 valence electrons. The van der Waals surface area contributed by atoms with E-state index >= 15 is 0 Å². The number of rotatable bonds is 1. The van der Waals surface area contributed by atoms with Crippen molar-refractivity contribution in [2.24, 2.45) is 17.6 Å². The first-order valence-electron chi connectivity index (χ1n) is 6.55. The Balaban J connectivity index is 1.78. The van der Waals surface area contributed by atoms with Gasteiger partial charge in [0.1, 0.15) is 0 Å². The predicted molar refractivity (Wildman–Crippen MR) is 81.9 cm³/mol. The fourth-order valence-corrected chi connectivity index (χ4v) is 4.63. The van der Waals surface area contributed by atoms with Crippen molar-refractivity contribution in [3.8, 4) is 0 Å². The molecular weight excluding hydrogens is 372 g/mol. The third kappa shape index (κ3) is 2.60. The van der Waals surface area contributed by atoms with Crippen LogP contribution >= 0.6 is 31.9 Å². The topological polar surface area (TPSA) is 46.3 Å². The molecule has 1 heterocycles. The van der Waals surface area contributed by atoms with Gasteiger partial charge in [0, 0.05) is 33.6 Å². The Kier molecular flexibility index (Phi) is 3.71. The number of hydrogen-bond acceptors (Lipinski definition) is 2. The molecule has 19 heavy (non-hydrogen) atoms. The molecule has 2 N–H and O–H groups in total. The molecule has 2 aliphatic rings. The smallest absolute Gasteiger partial charge is 0.253 e. The number of hydrogen-bond donors (Lipinski definition) is 1. The number of nitrogens with two attached hydrogens (primary N) is 1. The molecule has 3 rings (SSSR count). The van der Waals surface area contributed by atoms with Gasteiger partial charge in [0.2, 0.25) is 0 Å². The van der Waals surface area contributed by atoms with Crippen molar-refractivity contribution in [3.05, 3.63) is 32.7 Å². The zero-order chi connectivity index (χ0) is 13.6. The normalized spacial score (nSPS) is 29.6. The van der Waals surface area contributed by atoms with Gasteiger partial charge in [-0.25, -0.2) is 0 Å². The highest BCUT2D eigenvalue weighted by Gasteiger charge is 2.42. The van der Waals surface area contributed by atoms with E-state index in [1.807, 2.05) is 23.1 Å². The monoisotopic (exact) mass is 386 g/mol. The van der Waals surface area contributed by atoms with Crippen molar-refractivity contribution >= 4 is 37.8 Å². The van der Waals surface area contributed by atoms with Crippen LogP contribution in [0.4, 0.5) is 0 Å². The third-order valence-corrected chi connectivity index (χ3v) is 5.22. The Hall–Kier alpha value is -0.390. The molecule has 0 bridgehead atoms. The van der Waals surface area contributed by atoms with E-state index in [0.717, 1.165) is 40.4 Å². The van der Waals surface area contributed by atoms with Crippen molar-refractivity contribution in [1.82, 2.24) is 4.90 Å². The molecule has 3 nitrogen and oxygen atoms in total. The fourth-order valence-electron chi connectivity index (χ4n) is 3.33. The highest BCUT2D eigenvalue weighted by molar-refractivity contribution is 9.11. The minimum atomic E-state index is 0.114. The lowest BCUT2D eigenvalue weighted by atomic mass is 9.98. The Morgan fingerprint density at radius 2 is 1.84 bits per heavy atom. The first-order chi connectivity index (χ1) is 9.04. The molecule has 1 amide bonds. The number of fused-ring (bicyclic) bond motifs is 1. The van der Waals surface area contributed by atoms with E-state index in [9.17, 15) is 4.79 Å². The summed E-state index contributed by atoms with van der Waals surface area (Å²) in [5, 5.41) is 0. The molecule has 1 aliphatic carbocycles. The first kappa shape index (κ1) is 13.6. The van der Waals surface area contributed by atoms with Gasteiger partial charge in [0.25, 0.3) is 5.91 Å². The summed E-state index contributed by atoms with van der Waals surface area (Å²) in [5.74, 6) is 1.22. The van der Waals surface area contributed by atoms with Crippen LogP contribution in [0.15, 0.2) is 27.1 Å². The van der Waals surface area contributed by atoms with Crippen LogP contribution in [0.5, 0.6) is 0 Å². The van der Waals surface area contributed by atoms with E-state index in [2.05, 4.69) is 31.9 Å². The van der Waals surface area contributed by atoms with Crippen LogP contribution in [0, 0.1) is 11.8 Å². The number of amides is 1. The number of benzene rings is 1. The number of halogens is 2. The Morgan fingerprint density at radius 1 is 1.16 bits per heavy atom. The molecule has 0 radical (unpaired) electrons. The zero-order valence-electron chi connectivity index (χ0n) is 10.5. The van der Waals surface area contributed by atoms with Gasteiger partial charge in [-0.05, 0) is 42.9 Å². The van der Waals surface area contributed by atoms with Crippen LogP contribution < -0.4 is 5.73 Å².